The van der Waals surface area contributed by atoms with Gasteiger partial charge in [0.05, 0.1) is 26.8 Å². The summed E-state index contributed by atoms with van der Waals surface area (Å²) in [6.07, 6.45) is 0. The minimum Gasteiger partial charge on any atom is -0.497 e. The smallest absolute Gasteiger partial charge is 0.162 e. The van der Waals surface area contributed by atoms with E-state index in [9.17, 15) is 0 Å². The highest BCUT2D eigenvalue weighted by Crippen LogP contribution is 2.33. The summed E-state index contributed by atoms with van der Waals surface area (Å²) in [6, 6.07) is 13.6. The SMILES string of the molecule is COc1ccc2nc(C)cc(Nc3ccc(OC)c(OC)c3)c2c1. The van der Waals surface area contributed by atoms with Gasteiger partial charge in [0, 0.05) is 28.5 Å². The number of methoxy groups -OCH3 is 3. The number of fused-ring (bicyclic) bond motifs is 1. The first-order valence-corrected chi connectivity index (χ1v) is 7.59. The first kappa shape index (κ1) is 15.9. The van der Waals surface area contributed by atoms with Crippen molar-refractivity contribution < 1.29 is 14.2 Å². The number of rotatable bonds is 5. The molecule has 0 saturated carbocycles. The summed E-state index contributed by atoms with van der Waals surface area (Å²) < 4.78 is 16.0. The number of anilines is 2. The van der Waals surface area contributed by atoms with Crippen LogP contribution in [0, 0.1) is 6.92 Å². The van der Waals surface area contributed by atoms with E-state index in [1.54, 1.807) is 21.3 Å². The van der Waals surface area contributed by atoms with Crippen molar-refractivity contribution in [3.05, 3.63) is 48.2 Å². The van der Waals surface area contributed by atoms with Gasteiger partial charge in [0.2, 0.25) is 0 Å². The summed E-state index contributed by atoms with van der Waals surface area (Å²) in [5.41, 5.74) is 3.72. The molecule has 0 aliphatic heterocycles. The van der Waals surface area contributed by atoms with E-state index in [2.05, 4.69) is 10.3 Å². The maximum absolute atomic E-state index is 5.36. The predicted molar refractivity (Wildman–Crippen MR) is 95.9 cm³/mol. The van der Waals surface area contributed by atoms with E-state index in [0.29, 0.717) is 11.5 Å². The molecule has 0 aliphatic carbocycles. The number of benzene rings is 2. The van der Waals surface area contributed by atoms with E-state index < -0.39 is 0 Å². The molecular weight excluding hydrogens is 304 g/mol. The minimum atomic E-state index is 0.676. The molecule has 2 aromatic carbocycles. The third-order valence-corrected chi connectivity index (χ3v) is 3.81. The molecule has 3 aromatic rings. The second kappa shape index (κ2) is 6.66. The second-order valence-electron chi connectivity index (χ2n) is 5.39. The zero-order valence-corrected chi connectivity index (χ0v) is 14.2. The van der Waals surface area contributed by atoms with Gasteiger partial charge in [0.1, 0.15) is 5.75 Å². The van der Waals surface area contributed by atoms with Crippen molar-refractivity contribution in [2.24, 2.45) is 0 Å². The minimum absolute atomic E-state index is 0.676. The third kappa shape index (κ3) is 3.06. The van der Waals surface area contributed by atoms with Crippen molar-refractivity contribution in [3.63, 3.8) is 0 Å². The Balaban J connectivity index is 2.06. The van der Waals surface area contributed by atoms with Crippen LogP contribution in [0.5, 0.6) is 17.2 Å². The summed E-state index contributed by atoms with van der Waals surface area (Å²) in [7, 11) is 4.90. The van der Waals surface area contributed by atoms with Crippen LogP contribution in [0.25, 0.3) is 10.9 Å². The van der Waals surface area contributed by atoms with Crippen molar-refractivity contribution in [2.75, 3.05) is 26.6 Å². The maximum Gasteiger partial charge on any atom is 0.162 e. The number of hydrogen-bond donors (Lipinski definition) is 1. The highest BCUT2D eigenvalue weighted by atomic mass is 16.5. The van der Waals surface area contributed by atoms with Crippen molar-refractivity contribution in [1.82, 2.24) is 4.98 Å². The molecule has 0 amide bonds. The predicted octanol–water partition coefficient (Wildman–Crippen LogP) is 4.31. The van der Waals surface area contributed by atoms with E-state index in [0.717, 1.165) is 33.7 Å². The molecule has 0 radical (unpaired) electrons. The average Bonchev–Trinajstić information content (AvgIpc) is 2.61. The molecule has 0 spiro atoms. The Bertz CT molecular complexity index is 878. The fraction of sp³-hybridized carbons (Fsp3) is 0.211. The quantitative estimate of drug-likeness (QED) is 0.758. The van der Waals surface area contributed by atoms with Crippen LogP contribution in [0.4, 0.5) is 11.4 Å². The Labute approximate surface area is 141 Å². The van der Waals surface area contributed by atoms with Gasteiger partial charge in [-0.05, 0) is 43.3 Å². The number of hydrogen-bond acceptors (Lipinski definition) is 5. The molecule has 0 fully saturated rings. The molecule has 3 rings (SSSR count). The van der Waals surface area contributed by atoms with Gasteiger partial charge in [-0.25, -0.2) is 0 Å². The van der Waals surface area contributed by atoms with Gasteiger partial charge in [-0.15, -0.1) is 0 Å². The van der Waals surface area contributed by atoms with Crippen molar-refractivity contribution >= 4 is 22.3 Å². The summed E-state index contributed by atoms with van der Waals surface area (Å²) >= 11 is 0. The second-order valence-corrected chi connectivity index (χ2v) is 5.39. The van der Waals surface area contributed by atoms with Crippen molar-refractivity contribution in [2.45, 2.75) is 6.92 Å². The molecule has 1 aromatic heterocycles. The van der Waals surface area contributed by atoms with Crippen LogP contribution in [-0.4, -0.2) is 26.3 Å². The van der Waals surface area contributed by atoms with Crippen LogP contribution in [0.2, 0.25) is 0 Å². The maximum atomic E-state index is 5.36. The van der Waals surface area contributed by atoms with Crippen LogP contribution in [0.15, 0.2) is 42.5 Å². The number of ether oxygens (including phenoxy) is 3. The molecular formula is C19H20N2O3. The molecule has 0 atom stereocenters. The normalized spacial score (nSPS) is 10.5. The Hall–Kier alpha value is -2.95. The monoisotopic (exact) mass is 324 g/mol. The van der Waals surface area contributed by atoms with E-state index in [1.807, 2.05) is 49.4 Å². The first-order valence-electron chi connectivity index (χ1n) is 7.59. The highest BCUT2D eigenvalue weighted by Gasteiger charge is 2.09. The lowest BCUT2D eigenvalue weighted by molar-refractivity contribution is 0.355. The summed E-state index contributed by atoms with van der Waals surface area (Å²) in [6.45, 7) is 1.98. The lowest BCUT2D eigenvalue weighted by Gasteiger charge is -2.14. The van der Waals surface area contributed by atoms with Gasteiger partial charge in [-0.1, -0.05) is 0 Å². The molecule has 0 saturated heterocycles. The van der Waals surface area contributed by atoms with Crippen LogP contribution >= 0.6 is 0 Å². The summed E-state index contributed by atoms with van der Waals surface area (Å²) in [5, 5.41) is 4.43. The van der Waals surface area contributed by atoms with Gasteiger partial charge < -0.3 is 19.5 Å². The molecule has 5 heteroatoms. The number of aryl methyl sites for hydroxylation is 1. The number of pyridine rings is 1. The zero-order valence-electron chi connectivity index (χ0n) is 14.2. The van der Waals surface area contributed by atoms with E-state index >= 15 is 0 Å². The highest BCUT2D eigenvalue weighted by molar-refractivity contribution is 5.94. The summed E-state index contributed by atoms with van der Waals surface area (Å²) in [5.74, 6) is 2.17. The van der Waals surface area contributed by atoms with E-state index in [-0.39, 0.29) is 0 Å². The molecule has 1 N–H and O–H groups in total. The molecule has 1 heterocycles. The summed E-state index contributed by atoms with van der Waals surface area (Å²) in [4.78, 5) is 4.57. The Morgan fingerprint density at radius 2 is 1.62 bits per heavy atom. The van der Waals surface area contributed by atoms with E-state index in [1.165, 1.54) is 0 Å². The first-order chi connectivity index (χ1) is 11.6. The van der Waals surface area contributed by atoms with Crippen LogP contribution < -0.4 is 19.5 Å². The van der Waals surface area contributed by atoms with E-state index in [4.69, 9.17) is 14.2 Å². The molecule has 24 heavy (non-hydrogen) atoms. The van der Waals surface area contributed by atoms with Crippen LogP contribution in [0.1, 0.15) is 5.69 Å². The third-order valence-electron chi connectivity index (χ3n) is 3.81. The topological polar surface area (TPSA) is 52.6 Å². The standard InChI is InChI=1S/C19H20N2O3/c1-12-9-17(15-11-14(22-2)6-7-16(15)20-12)21-13-5-8-18(23-3)19(10-13)24-4/h5-11H,1-4H3,(H,20,21). The molecule has 0 aliphatic rings. The molecule has 124 valence electrons. The molecule has 0 bridgehead atoms. The van der Waals surface area contributed by atoms with Gasteiger partial charge in [0.25, 0.3) is 0 Å². The fourth-order valence-corrected chi connectivity index (χ4v) is 2.64. The molecule has 0 unspecified atom stereocenters. The number of aromatic nitrogens is 1. The largest absolute Gasteiger partial charge is 0.497 e. The van der Waals surface area contributed by atoms with Crippen molar-refractivity contribution in [1.29, 1.82) is 0 Å². The lowest BCUT2D eigenvalue weighted by Crippen LogP contribution is -1.97. The zero-order chi connectivity index (χ0) is 17.1. The van der Waals surface area contributed by atoms with Crippen LogP contribution in [0.3, 0.4) is 0 Å². The van der Waals surface area contributed by atoms with Gasteiger partial charge in [-0.3, -0.25) is 4.98 Å². The van der Waals surface area contributed by atoms with Crippen molar-refractivity contribution in [3.8, 4) is 17.2 Å². The number of nitrogens with one attached hydrogen (secondary N) is 1. The van der Waals surface area contributed by atoms with Gasteiger partial charge in [-0.2, -0.15) is 0 Å². The van der Waals surface area contributed by atoms with Gasteiger partial charge in [0.15, 0.2) is 11.5 Å². The Kier molecular flexibility index (Phi) is 4.42. The lowest BCUT2D eigenvalue weighted by atomic mass is 10.1. The van der Waals surface area contributed by atoms with Gasteiger partial charge >= 0.3 is 0 Å². The Morgan fingerprint density at radius 3 is 2.33 bits per heavy atom. The number of nitrogens with zero attached hydrogens (tertiary/aromatic N) is 1. The van der Waals surface area contributed by atoms with Crippen LogP contribution in [-0.2, 0) is 0 Å². The Morgan fingerprint density at radius 1 is 0.833 bits per heavy atom. The average molecular weight is 324 g/mol. The molecule has 5 nitrogen and oxygen atoms in total. The fourth-order valence-electron chi connectivity index (χ4n) is 2.64.